The molecular formula is C30H26N4. The Morgan fingerprint density at radius 3 is 2.32 bits per heavy atom. The molecule has 0 aliphatic rings. The molecule has 0 aliphatic carbocycles. The van der Waals surface area contributed by atoms with Crippen molar-refractivity contribution in [3.63, 3.8) is 0 Å². The van der Waals surface area contributed by atoms with E-state index in [1.54, 1.807) is 0 Å². The predicted molar refractivity (Wildman–Crippen MR) is 139 cm³/mol. The van der Waals surface area contributed by atoms with Crippen molar-refractivity contribution >= 4 is 21.8 Å². The summed E-state index contributed by atoms with van der Waals surface area (Å²) in [6, 6.07) is 30.2. The molecule has 0 aliphatic heterocycles. The van der Waals surface area contributed by atoms with Crippen molar-refractivity contribution in [1.29, 1.82) is 0 Å². The molecule has 0 spiro atoms. The molecule has 4 heteroatoms. The minimum atomic E-state index is -0.214. The molecule has 3 aromatic heterocycles. The normalized spacial score (nSPS) is 12.0. The highest BCUT2D eigenvalue weighted by Gasteiger charge is 2.25. The van der Waals surface area contributed by atoms with E-state index in [-0.39, 0.29) is 5.41 Å². The highest BCUT2D eigenvalue weighted by molar-refractivity contribution is 6.10. The molecule has 6 aromatic rings. The van der Waals surface area contributed by atoms with Crippen LogP contribution in [0.2, 0.25) is 0 Å². The number of aromatic nitrogens is 4. The smallest absolute Gasteiger partial charge is 0.139 e. The first-order valence-electron chi connectivity index (χ1n) is 11.6. The zero-order chi connectivity index (χ0) is 23.3. The van der Waals surface area contributed by atoms with Gasteiger partial charge in [0.2, 0.25) is 0 Å². The number of nitrogens with zero attached hydrogens (tertiary/aromatic N) is 4. The van der Waals surface area contributed by atoms with Crippen molar-refractivity contribution in [1.82, 2.24) is 19.1 Å². The number of pyridine rings is 1. The van der Waals surface area contributed by atoms with Gasteiger partial charge in [0, 0.05) is 53.1 Å². The maximum atomic E-state index is 4.65. The van der Waals surface area contributed by atoms with E-state index in [0.29, 0.717) is 0 Å². The Morgan fingerprint density at radius 2 is 1.53 bits per heavy atom. The number of benzene rings is 3. The maximum absolute atomic E-state index is 4.65. The minimum absolute atomic E-state index is 0.214. The lowest BCUT2D eigenvalue weighted by Crippen LogP contribution is -2.20. The molecule has 0 atom stereocenters. The van der Waals surface area contributed by atoms with E-state index in [0.717, 1.165) is 22.8 Å². The van der Waals surface area contributed by atoms with Gasteiger partial charge >= 0.3 is 0 Å². The summed E-state index contributed by atoms with van der Waals surface area (Å²) in [5, 5.41) is 2.49. The highest BCUT2D eigenvalue weighted by Crippen LogP contribution is 2.36. The highest BCUT2D eigenvalue weighted by atomic mass is 15.0. The second kappa shape index (κ2) is 7.70. The van der Waals surface area contributed by atoms with E-state index in [9.17, 15) is 0 Å². The second-order valence-corrected chi connectivity index (χ2v) is 9.34. The average Bonchev–Trinajstić information content (AvgIpc) is 3.45. The molecule has 0 saturated carbocycles. The van der Waals surface area contributed by atoms with Gasteiger partial charge in [0.15, 0.2) is 0 Å². The van der Waals surface area contributed by atoms with E-state index in [1.165, 1.54) is 27.4 Å². The van der Waals surface area contributed by atoms with Crippen LogP contribution in [0.25, 0.3) is 38.9 Å². The van der Waals surface area contributed by atoms with E-state index in [1.807, 2.05) is 31.7 Å². The van der Waals surface area contributed by atoms with Gasteiger partial charge in [-0.1, -0.05) is 62.4 Å². The lowest BCUT2D eigenvalue weighted by Gasteiger charge is -2.25. The Hall–Kier alpha value is -4.18. The molecule has 4 nitrogen and oxygen atoms in total. The summed E-state index contributed by atoms with van der Waals surface area (Å²) in [7, 11) is 2.03. The van der Waals surface area contributed by atoms with Crippen molar-refractivity contribution in [3.05, 3.63) is 115 Å². The summed E-state index contributed by atoms with van der Waals surface area (Å²) in [5.74, 6) is 0.962. The van der Waals surface area contributed by atoms with Crippen molar-refractivity contribution < 1.29 is 0 Å². The Balaban J connectivity index is 1.60. The lowest BCUT2D eigenvalue weighted by atomic mass is 9.81. The number of hydrogen-bond acceptors (Lipinski definition) is 2. The summed E-state index contributed by atoms with van der Waals surface area (Å²) in [5.41, 5.74) is 6.70. The van der Waals surface area contributed by atoms with Gasteiger partial charge in [-0.3, -0.25) is 4.98 Å². The Bertz CT molecular complexity index is 1640. The standard InChI is InChI=1S/C30H26N4/c1-30(2,28-13-6-7-16-31-28)22-9-8-10-23(20-22)34-26-12-5-4-11-24(26)25-15-14-21(19-27(25)34)29-32-17-18-33(29)3/h4-20H,1-3H3. The number of para-hydroxylation sites is 1. The van der Waals surface area contributed by atoms with Gasteiger partial charge < -0.3 is 9.13 Å². The predicted octanol–water partition coefficient (Wildman–Crippen LogP) is 6.91. The van der Waals surface area contributed by atoms with Crippen LogP contribution in [-0.2, 0) is 12.5 Å². The van der Waals surface area contributed by atoms with Crippen LogP contribution < -0.4 is 0 Å². The Morgan fingerprint density at radius 1 is 0.706 bits per heavy atom. The largest absolute Gasteiger partial charge is 0.334 e. The fraction of sp³-hybridized carbons (Fsp3) is 0.133. The van der Waals surface area contributed by atoms with Gasteiger partial charge in [0.05, 0.1) is 16.7 Å². The molecule has 0 unspecified atom stereocenters. The van der Waals surface area contributed by atoms with Crippen LogP contribution >= 0.6 is 0 Å². The summed E-state index contributed by atoms with van der Waals surface area (Å²) in [4.78, 5) is 9.23. The first kappa shape index (κ1) is 20.4. The van der Waals surface area contributed by atoms with Crippen LogP contribution in [0.5, 0.6) is 0 Å². The van der Waals surface area contributed by atoms with E-state index in [2.05, 4.69) is 112 Å². The summed E-state index contributed by atoms with van der Waals surface area (Å²) >= 11 is 0. The van der Waals surface area contributed by atoms with Crippen LogP contribution in [0.1, 0.15) is 25.1 Å². The van der Waals surface area contributed by atoms with Gasteiger partial charge in [-0.15, -0.1) is 0 Å². The molecule has 3 aromatic carbocycles. The molecule has 0 fully saturated rings. The molecular weight excluding hydrogens is 416 g/mol. The lowest BCUT2D eigenvalue weighted by molar-refractivity contribution is 0.616. The number of hydrogen-bond donors (Lipinski definition) is 0. The van der Waals surface area contributed by atoms with Crippen molar-refractivity contribution in [2.45, 2.75) is 19.3 Å². The van der Waals surface area contributed by atoms with E-state index >= 15 is 0 Å². The third-order valence-electron chi connectivity index (χ3n) is 6.88. The van der Waals surface area contributed by atoms with Gasteiger partial charge in [0.1, 0.15) is 5.82 Å². The number of imidazole rings is 1. The molecule has 6 rings (SSSR count). The first-order valence-corrected chi connectivity index (χ1v) is 11.6. The summed E-state index contributed by atoms with van der Waals surface area (Å²) in [6.45, 7) is 4.47. The van der Waals surface area contributed by atoms with Crippen LogP contribution in [-0.4, -0.2) is 19.1 Å². The summed E-state index contributed by atoms with van der Waals surface area (Å²) in [6.07, 6.45) is 5.70. The van der Waals surface area contributed by atoms with Crippen LogP contribution in [0, 0.1) is 0 Å². The maximum Gasteiger partial charge on any atom is 0.139 e. The van der Waals surface area contributed by atoms with Crippen molar-refractivity contribution in [3.8, 4) is 17.1 Å². The monoisotopic (exact) mass is 442 g/mol. The number of rotatable bonds is 4. The van der Waals surface area contributed by atoms with Crippen molar-refractivity contribution in [2.75, 3.05) is 0 Å². The molecule has 0 radical (unpaired) electrons. The molecule has 0 bridgehead atoms. The topological polar surface area (TPSA) is 35.6 Å². The van der Waals surface area contributed by atoms with Crippen molar-refractivity contribution in [2.24, 2.45) is 7.05 Å². The summed E-state index contributed by atoms with van der Waals surface area (Å²) < 4.78 is 4.43. The molecule has 0 saturated heterocycles. The Kier molecular flexibility index (Phi) is 4.63. The zero-order valence-electron chi connectivity index (χ0n) is 19.6. The first-order chi connectivity index (χ1) is 16.5. The molecule has 0 N–H and O–H groups in total. The van der Waals surface area contributed by atoms with Gasteiger partial charge in [-0.05, 0) is 42.0 Å². The minimum Gasteiger partial charge on any atom is -0.334 e. The average molecular weight is 443 g/mol. The molecule has 3 heterocycles. The van der Waals surface area contributed by atoms with Crippen LogP contribution in [0.15, 0.2) is 104 Å². The second-order valence-electron chi connectivity index (χ2n) is 9.34. The van der Waals surface area contributed by atoms with E-state index in [4.69, 9.17) is 0 Å². The fourth-order valence-electron chi connectivity index (χ4n) is 4.95. The van der Waals surface area contributed by atoms with E-state index < -0.39 is 0 Å². The molecule has 0 amide bonds. The van der Waals surface area contributed by atoms with Gasteiger partial charge in [-0.25, -0.2) is 4.98 Å². The third kappa shape index (κ3) is 3.14. The third-order valence-corrected chi connectivity index (χ3v) is 6.88. The SMILES string of the molecule is Cn1ccnc1-c1ccc2c3ccccc3n(-c3cccc(C(C)(C)c4ccccn4)c3)c2c1. The van der Waals surface area contributed by atoms with Gasteiger partial charge in [0.25, 0.3) is 0 Å². The quantitative estimate of drug-likeness (QED) is 0.297. The number of fused-ring (bicyclic) bond motifs is 3. The van der Waals surface area contributed by atoms with Crippen LogP contribution in [0.4, 0.5) is 0 Å². The molecule has 34 heavy (non-hydrogen) atoms. The Labute approximate surface area is 199 Å². The number of aryl methyl sites for hydroxylation is 1. The van der Waals surface area contributed by atoms with Gasteiger partial charge in [-0.2, -0.15) is 0 Å². The zero-order valence-corrected chi connectivity index (χ0v) is 19.6. The van der Waals surface area contributed by atoms with Crippen LogP contribution in [0.3, 0.4) is 0 Å². The molecule has 166 valence electrons. The fourth-order valence-corrected chi connectivity index (χ4v) is 4.95.